The maximum Gasteiger partial charge on any atom is 0.315 e. The molecule has 22 heavy (non-hydrogen) atoms. The monoisotopic (exact) mass is 304 g/mol. The Morgan fingerprint density at radius 3 is 2.64 bits per heavy atom. The van der Waals surface area contributed by atoms with Gasteiger partial charge in [-0.25, -0.2) is 4.79 Å². The number of nitrogens with zero attached hydrogens (tertiary/aromatic N) is 2. The van der Waals surface area contributed by atoms with E-state index in [9.17, 15) is 4.79 Å². The molecule has 2 N–H and O–H groups in total. The Morgan fingerprint density at radius 2 is 2.00 bits per heavy atom. The number of carbonyl (C=O) groups excluding carboxylic acids is 1. The number of hydrogen-bond acceptors (Lipinski definition) is 5. The van der Waals surface area contributed by atoms with E-state index in [-0.39, 0.29) is 12.6 Å². The van der Waals surface area contributed by atoms with Crippen molar-refractivity contribution in [2.75, 3.05) is 13.7 Å². The Hall–Kier alpha value is -2.57. The molecule has 0 atom stereocenters. The minimum absolute atomic E-state index is 0.188. The zero-order valence-corrected chi connectivity index (χ0v) is 12.9. The number of rotatable bonds is 6. The van der Waals surface area contributed by atoms with Gasteiger partial charge in [0.2, 0.25) is 11.7 Å². The van der Waals surface area contributed by atoms with Crippen molar-refractivity contribution in [3.05, 3.63) is 30.2 Å². The van der Waals surface area contributed by atoms with E-state index in [1.165, 1.54) is 0 Å². The molecule has 2 rings (SSSR count). The summed E-state index contributed by atoms with van der Waals surface area (Å²) in [6.07, 6.45) is 0. The highest BCUT2D eigenvalue weighted by Crippen LogP contribution is 2.19. The maximum atomic E-state index is 11.5. The molecule has 2 aromatic rings. The number of hydrogen-bond donors (Lipinski definition) is 2. The zero-order valence-electron chi connectivity index (χ0n) is 12.9. The summed E-state index contributed by atoms with van der Waals surface area (Å²) in [7, 11) is 1.61. The van der Waals surface area contributed by atoms with E-state index in [1.54, 1.807) is 7.11 Å². The summed E-state index contributed by atoms with van der Waals surface area (Å²) >= 11 is 0. The SMILES string of the molecule is COc1ccc(-c2noc(CNC(=O)NCC(C)C)n2)cc1. The largest absolute Gasteiger partial charge is 0.497 e. The lowest BCUT2D eigenvalue weighted by Gasteiger charge is -2.07. The van der Waals surface area contributed by atoms with Crippen LogP contribution in [0.25, 0.3) is 11.4 Å². The number of carbonyl (C=O) groups is 1. The van der Waals surface area contributed by atoms with Gasteiger partial charge in [0.15, 0.2) is 0 Å². The molecule has 1 heterocycles. The average Bonchev–Trinajstić information content (AvgIpc) is 3.00. The van der Waals surface area contributed by atoms with Crippen LogP contribution < -0.4 is 15.4 Å². The minimum Gasteiger partial charge on any atom is -0.497 e. The Kier molecular flexibility index (Phi) is 5.35. The Labute approximate surface area is 129 Å². The van der Waals surface area contributed by atoms with Gasteiger partial charge in [0, 0.05) is 12.1 Å². The molecule has 7 nitrogen and oxygen atoms in total. The molecule has 0 bridgehead atoms. The number of nitrogens with one attached hydrogen (secondary N) is 2. The summed E-state index contributed by atoms with van der Waals surface area (Å²) < 4.78 is 10.2. The molecular weight excluding hydrogens is 284 g/mol. The first-order chi connectivity index (χ1) is 10.6. The molecule has 1 aromatic carbocycles. The number of aromatic nitrogens is 2. The average molecular weight is 304 g/mol. The van der Waals surface area contributed by atoms with E-state index in [0.717, 1.165) is 11.3 Å². The molecule has 0 radical (unpaired) electrons. The molecular formula is C15H20N4O3. The normalized spacial score (nSPS) is 10.5. The van der Waals surface area contributed by atoms with E-state index >= 15 is 0 Å². The number of urea groups is 1. The fourth-order valence-electron chi connectivity index (χ4n) is 1.70. The molecule has 7 heteroatoms. The fourth-order valence-corrected chi connectivity index (χ4v) is 1.70. The molecule has 0 fully saturated rings. The molecule has 118 valence electrons. The van der Waals surface area contributed by atoms with E-state index in [4.69, 9.17) is 9.26 Å². The summed E-state index contributed by atoms with van der Waals surface area (Å²) in [6, 6.07) is 7.08. The molecule has 0 aliphatic heterocycles. The smallest absolute Gasteiger partial charge is 0.315 e. The Bertz CT molecular complexity index is 608. The fraction of sp³-hybridized carbons (Fsp3) is 0.400. The van der Waals surface area contributed by atoms with Crippen LogP contribution in [0.4, 0.5) is 4.79 Å². The lowest BCUT2D eigenvalue weighted by Crippen LogP contribution is -2.37. The predicted octanol–water partition coefficient (Wildman–Crippen LogP) is 2.20. The Morgan fingerprint density at radius 1 is 1.27 bits per heavy atom. The molecule has 0 saturated carbocycles. The van der Waals surface area contributed by atoms with Gasteiger partial charge >= 0.3 is 6.03 Å². The van der Waals surface area contributed by atoms with Crippen molar-refractivity contribution in [3.8, 4) is 17.1 Å². The first kappa shape index (κ1) is 15.8. The summed E-state index contributed by atoms with van der Waals surface area (Å²) in [4.78, 5) is 15.8. The van der Waals surface area contributed by atoms with Crippen LogP contribution in [-0.4, -0.2) is 29.8 Å². The second-order valence-electron chi connectivity index (χ2n) is 5.20. The van der Waals surface area contributed by atoms with Crippen molar-refractivity contribution in [1.29, 1.82) is 0 Å². The van der Waals surface area contributed by atoms with Crippen LogP contribution in [0.3, 0.4) is 0 Å². The third kappa shape index (κ3) is 4.47. The molecule has 2 amide bonds. The third-order valence-corrected chi connectivity index (χ3v) is 2.89. The number of ether oxygens (including phenoxy) is 1. The van der Waals surface area contributed by atoms with Crippen molar-refractivity contribution in [2.24, 2.45) is 5.92 Å². The molecule has 0 spiro atoms. The van der Waals surface area contributed by atoms with Crippen LogP contribution in [0.15, 0.2) is 28.8 Å². The van der Waals surface area contributed by atoms with Crippen LogP contribution in [0.5, 0.6) is 5.75 Å². The van der Waals surface area contributed by atoms with Crippen LogP contribution in [-0.2, 0) is 6.54 Å². The highest BCUT2D eigenvalue weighted by molar-refractivity contribution is 5.73. The lowest BCUT2D eigenvalue weighted by molar-refractivity contribution is 0.237. The predicted molar refractivity (Wildman–Crippen MR) is 81.4 cm³/mol. The van der Waals surface area contributed by atoms with E-state index in [0.29, 0.717) is 24.2 Å². The van der Waals surface area contributed by atoms with Crippen molar-refractivity contribution < 1.29 is 14.1 Å². The van der Waals surface area contributed by atoms with Gasteiger partial charge in [0.05, 0.1) is 13.7 Å². The summed E-state index contributed by atoms with van der Waals surface area (Å²) in [5.41, 5.74) is 0.819. The zero-order chi connectivity index (χ0) is 15.9. The third-order valence-electron chi connectivity index (χ3n) is 2.89. The molecule has 0 unspecified atom stereocenters. The van der Waals surface area contributed by atoms with Crippen molar-refractivity contribution in [1.82, 2.24) is 20.8 Å². The van der Waals surface area contributed by atoms with Crippen molar-refractivity contribution >= 4 is 6.03 Å². The second-order valence-corrected chi connectivity index (χ2v) is 5.20. The maximum absolute atomic E-state index is 11.5. The molecule has 0 saturated heterocycles. The first-order valence-electron chi connectivity index (χ1n) is 7.07. The number of amides is 2. The Balaban J connectivity index is 1.89. The van der Waals surface area contributed by atoms with E-state index in [1.807, 2.05) is 38.1 Å². The van der Waals surface area contributed by atoms with Gasteiger partial charge in [0.25, 0.3) is 0 Å². The topological polar surface area (TPSA) is 89.3 Å². The van der Waals surface area contributed by atoms with E-state index in [2.05, 4.69) is 20.8 Å². The van der Waals surface area contributed by atoms with Crippen LogP contribution in [0.2, 0.25) is 0 Å². The van der Waals surface area contributed by atoms with Gasteiger partial charge < -0.3 is 19.9 Å². The molecule has 0 aliphatic carbocycles. The van der Waals surface area contributed by atoms with Crippen LogP contribution in [0.1, 0.15) is 19.7 Å². The van der Waals surface area contributed by atoms with Gasteiger partial charge in [-0.1, -0.05) is 19.0 Å². The standard InChI is InChI=1S/C15H20N4O3/c1-10(2)8-16-15(20)17-9-13-18-14(19-22-13)11-4-6-12(21-3)7-5-11/h4-7,10H,8-9H2,1-3H3,(H2,16,17,20). The quantitative estimate of drug-likeness (QED) is 0.854. The highest BCUT2D eigenvalue weighted by Gasteiger charge is 2.10. The molecule has 1 aromatic heterocycles. The summed E-state index contributed by atoms with van der Waals surface area (Å²) in [5.74, 6) is 1.99. The number of benzene rings is 1. The molecule has 0 aliphatic rings. The second kappa shape index (κ2) is 7.44. The number of methoxy groups -OCH3 is 1. The van der Waals surface area contributed by atoms with Gasteiger partial charge in [0.1, 0.15) is 5.75 Å². The van der Waals surface area contributed by atoms with E-state index < -0.39 is 0 Å². The van der Waals surface area contributed by atoms with Crippen molar-refractivity contribution in [2.45, 2.75) is 20.4 Å². The van der Waals surface area contributed by atoms with Gasteiger partial charge in [-0.15, -0.1) is 0 Å². The summed E-state index contributed by atoms with van der Waals surface area (Å²) in [5, 5.41) is 9.32. The van der Waals surface area contributed by atoms with Crippen LogP contribution >= 0.6 is 0 Å². The first-order valence-corrected chi connectivity index (χ1v) is 7.07. The lowest BCUT2D eigenvalue weighted by atomic mass is 10.2. The van der Waals surface area contributed by atoms with Gasteiger partial charge in [-0.3, -0.25) is 0 Å². The summed E-state index contributed by atoms with van der Waals surface area (Å²) in [6.45, 7) is 4.86. The van der Waals surface area contributed by atoms with Crippen LogP contribution in [0, 0.1) is 5.92 Å². The van der Waals surface area contributed by atoms with Gasteiger partial charge in [-0.2, -0.15) is 4.98 Å². The minimum atomic E-state index is -0.252. The highest BCUT2D eigenvalue weighted by atomic mass is 16.5. The van der Waals surface area contributed by atoms with Gasteiger partial charge in [-0.05, 0) is 30.2 Å². The van der Waals surface area contributed by atoms with Crippen molar-refractivity contribution in [3.63, 3.8) is 0 Å².